The average Bonchev–Trinajstić information content (AvgIpc) is 3.63. The molecule has 11 nitrogen and oxygen atoms in total. The molecule has 4 heterocycles. The van der Waals surface area contributed by atoms with Crippen molar-refractivity contribution in [1.82, 2.24) is 34.6 Å². The van der Waals surface area contributed by atoms with Crippen molar-refractivity contribution >= 4 is 11.7 Å². The number of aromatic nitrogens is 6. The van der Waals surface area contributed by atoms with Gasteiger partial charge < -0.3 is 19.4 Å². The Morgan fingerprint density at radius 1 is 1.13 bits per heavy atom. The molecule has 0 unspecified atom stereocenters. The summed E-state index contributed by atoms with van der Waals surface area (Å²) >= 11 is 0. The zero-order valence-electron chi connectivity index (χ0n) is 21.7. The number of anilines is 1. The van der Waals surface area contributed by atoms with Crippen molar-refractivity contribution in [3.05, 3.63) is 66.4 Å². The molecule has 0 bridgehead atoms. The highest BCUT2D eigenvalue weighted by Gasteiger charge is 2.17. The molecule has 1 aromatic carbocycles. The number of amides is 1. The summed E-state index contributed by atoms with van der Waals surface area (Å²) in [6.07, 6.45) is 5.56. The maximum Gasteiger partial charge on any atom is 0.319 e. The van der Waals surface area contributed by atoms with E-state index in [1.165, 1.54) is 31.2 Å². The van der Waals surface area contributed by atoms with Gasteiger partial charge in [0.05, 0.1) is 5.56 Å². The predicted octanol–water partition coefficient (Wildman–Crippen LogP) is 4.37. The van der Waals surface area contributed by atoms with Crippen LogP contribution in [0.2, 0.25) is 0 Å². The first-order chi connectivity index (χ1) is 19.0. The second-order valence-electron chi connectivity index (χ2n) is 9.34. The van der Waals surface area contributed by atoms with Crippen LogP contribution in [-0.4, -0.2) is 66.8 Å². The molecule has 0 saturated carbocycles. The van der Waals surface area contributed by atoms with Gasteiger partial charge in [-0.3, -0.25) is 9.69 Å². The third-order valence-electron chi connectivity index (χ3n) is 6.20. The van der Waals surface area contributed by atoms with Crippen LogP contribution in [0.5, 0.6) is 17.6 Å². The van der Waals surface area contributed by atoms with Crippen LogP contribution in [-0.2, 0) is 0 Å². The molecule has 4 aromatic rings. The number of ether oxygens (including phenoxy) is 2. The Morgan fingerprint density at radius 3 is 2.79 bits per heavy atom. The van der Waals surface area contributed by atoms with Crippen molar-refractivity contribution in [3.8, 4) is 29.2 Å². The lowest BCUT2D eigenvalue weighted by Gasteiger charge is -2.14. The molecule has 1 aliphatic heterocycles. The van der Waals surface area contributed by atoms with Crippen LogP contribution in [0.4, 0.5) is 10.2 Å². The number of hydrogen-bond donors (Lipinski definition) is 1. The molecule has 1 saturated heterocycles. The lowest BCUT2D eigenvalue weighted by atomic mass is 10.2. The fourth-order valence-corrected chi connectivity index (χ4v) is 4.20. The number of hydrogen-bond acceptors (Lipinski definition) is 9. The molecule has 0 spiro atoms. The van der Waals surface area contributed by atoms with Crippen LogP contribution in [0.3, 0.4) is 0 Å². The Hall–Kier alpha value is -4.45. The summed E-state index contributed by atoms with van der Waals surface area (Å²) in [4.78, 5) is 28.1. The van der Waals surface area contributed by atoms with E-state index >= 15 is 0 Å². The van der Waals surface area contributed by atoms with Crippen molar-refractivity contribution in [3.63, 3.8) is 0 Å². The van der Waals surface area contributed by atoms with Crippen LogP contribution < -0.4 is 14.8 Å². The summed E-state index contributed by atoms with van der Waals surface area (Å²) < 4.78 is 27.9. The molecule has 1 N–H and O–H groups in total. The number of nitrogens with one attached hydrogen (secondary N) is 1. The molecule has 0 aliphatic carbocycles. The second-order valence-corrected chi connectivity index (χ2v) is 9.34. The lowest BCUT2D eigenvalue weighted by molar-refractivity contribution is 0.102. The topological polar surface area (TPSA) is 120 Å². The van der Waals surface area contributed by atoms with E-state index in [-0.39, 0.29) is 35.1 Å². The maximum atomic E-state index is 14.6. The molecule has 1 aliphatic rings. The summed E-state index contributed by atoms with van der Waals surface area (Å²) in [7, 11) is 0. The molecule has 202 valence electrons. The third-order valence-corrected chi connectivity index (χ3v) is 6.20. The van der Waals surface area contributed by atoms with Gasteiger partial charge in [-0.15, -0.1) is 10.2 Å². The van der Waals surface area contributed by atoms with Crippen molar-refractivity contribution < 1.29 is 18.7 Å². The maximum absolute atomic E-state index is 14.6. The number of carbonyl (C=O) groups excluding carboxylic acids is 1. The standard InChI is InChI=1S/C27H29FN8O3/c1-18(2)36-17-30-34-25(36)22-6-5-7-23(31-22)32-26(37)20-16-19(8-9-21(20)28)39-24-10-11-29-27(33-24)38-15-14-35-12-3-4-13-35/h5-11,16-18H,3-4,12-15H2,1-2H3,(H,31,32,37). The monoisotopic (exact) mass is 532 g/mol. The van der Waals surface area contributed by atoms with Gasteiger partial charge in [-0.1, -0.05) is 6.07 Å². The van der Waals surface area contributed by atoms with Crippen LogP contribution in [0, 0.1) is 5.82 Å². The highest BCUT2D eigenvalue weighted by molar-refractivity contribution is 6.04. The van der Waals surface area contributed by atoms with Gasteiger partial charge >= 0.3 is 6.01 Å². The summed E-state index contributed by atoms with van der Waals surface area (Å²) in [5.41, 5.74) is 0.319. The molecule has 12 heteroatoms. The van der Waals surface area contributed by atoms with E-state index < -0.39 is 11.7 Å². The third kappa shape index (κ3) is 6.52. The highest BCUT2D eigenvalue weighted by Crippen LogP contribution is 2.25. The number of pyridine rings is 1. The van der Waals surface area contributed by atoms with Gasteiger partial charge in [-0.05, 0) is 70.1 Å². The van der Waals surface area contributed by atoms with Crippen LogP contribution >= 0.6 is 0 Å². The quantitative estimate of drug-likeness (QED) is 0.317. The molecule has 5 rings (SSSR count). The van der Waals surface area contributed by atoms with Crippen molar-refractivity contribution in [2.75, 3.05) is 31.6 Å². The van der Waals surface area contributed by atoms with Gasteiger partial charge in [0, 0.05) is 24.8 Å². The molecular weight excluding hydrogens is 503 g/mol. The zero-order chi connectivity index (χ0) is 27.2. The smallest absolute Gasteiger partial charge is 0.319 e. The van der Waals surface area contributed by atoms with Gasteiger partial charge in [0.15, 0.2) is 5.82 Å². The first kappa shape index (κ1) is 26.2. The van der Waals surface area contributed by atoms with Crippen LogP contribution in [0.25, 0.3) is 11.5 Å². The lowest BCUT2D eigenvalue weighted by Crippen LogP contribution is -2.25. The normalized spacial score (nSPS) is 13.5. The Kier molecular flexibility index (Phi) is 8.02. The van der Waals surface area contributed by atoms with Gasteiger partial charge in [-0.2, -0.15) is 4.98 Å². The molecule has 1 fully saturated rings. The number of likely N-dealkylation sites (tertiary alicyclic amines) is 1. The van der Waals surface area contributed by atoms with E-state index in [2.05, 4.69) is 35.4 Å². The molecule has 39 heavy (non-hydrogen) atoms. The fourth-order valence-electron chi connectivity index (χ4n) is 4.20. The minimum Gasteiger partial charge on any atom is -0.462 e. The summed E-state index contributed by atoms with van der Waals surface area (Å²) in [6, 6.07) is 10.9. The highest BCUT2D eigenvalue weighted by atomic mass is 19.1. The van der Waals surface area contributed by atoms with Crippen molar-refractivity contribution in [2.45, 2.75) is 32.7 Å². The fraction of sp³-hybridized carbons (Fsp3) is 0.333. The van der Waals surface area contributed by atoms with Crippen LogP contribution in [0.15, 0.2) is 55.0 Å². The Bertz CT molecular complexity index is 1440. The van der Waals surface area contributed by atoms with E-state index in [0.717, 1.165) is 25.7 Å². The Balaban J connectivity index is 1.25. The van der Waals surface area contributed by atoms with Gasteiger partial charge in [-0.25, -0.2) is 14.4 Å². The minimum absolute atomic E-state index is 0.124. The van der Waals surface area contributed by atoms with E-state index in [9.17, 15) is 9.18 Å². The minimum atomic E-state index is -0.704. The SMILES string of the molecule is CC(C)n1cnnc1-c1cccc(NC(=O)c2cc(Oc3ccnc(OCCN4CCCC4)n3)ccc2F)n1. The predicted molar refractivity (Wildman–Crippen MR) is 141 cm³/mol. The number of benzene rings is 1. The molecule has 1 amide bonds. The van der Waals surface area contributed by atoms with E-state index in [1.807, 2.05) is 18.4 Å². The summed E-state index contributed by atoms with van der Waals surface area (Å²) in [5.74, 6) is -0.136. The molecule has 3 aromatic heterocycles. The van der Waals surface area contributed by atoms with Gasteiger partial charge in [0.2, 0.25) is 5.88 Å². The van der Waals surface area contributed by atoms with E-state index in [1.54, 1.807) is 30.6 Å². The number of carbonyl (C=O) groups is 1. The second kappa shape index (κ2) is 11.9. The van der Waals surface area contributed by atoms with Gasteiger partial charge in [0.25, 0.3) is 5.91 Å². The Labute approximate surface area is 225 Å². The first-order valence-electron chi connectivity index (χ1n) is 12.8. The number of nitrogens with zero attached hydrogens (tertiary/aromatic N) is 7. The van der Waals surface area contributed by atoms with E-state index in [4.69, 9.17) is 9.47 Å². The number of halogens is 1. The molecule has 0 radical (unpaired) electrons. The largest absolute Gasteiger partial charge is 0.462 e. The summed E-state index contributed by atoms with van der Waals surface area (Å²) in [6.45, 7) is 7.44. The Morgan fingerprint density at radius 2 is 1.97 bits per heavy atom. The zero-order valence-corrected chi connectivity index (χ0v) is 21.7. The average molecular weight is 533 g/mol. The van der Waals surface area contributed by atoms with Crippen LogP contribution in [0.1, 0.15) is 43.1 Å². The van der Waals surface area contributed by atoms with Gasteiger partial charge in [0.1, 0.15) is 36.0 Å². The first-order valence-corrected chi connectivity index (χ1v) is 12.8. The summed E-state index contributed by atoms with van der Waals surface area (Å²) in [5, 5.41) is 10.7. The van der Waals surface area contributed by atoms with Crippen molar-refractivity contribution in [1.29, 1.82) is 0 Å². The molecular formula is C27H29FN8O3. The molecule has 0 atom stereocenters. The number of rotatable bonds is 10. The van der Waals surface area contributed by atoms with Crippen molar-refractivity contribution in [2.24, 2.45) is 0 Å². The van der Waals surface area contributed by atoms with E-state index in [0.29, 0.717) is 18.1 Å².